The number of hydrogen-bond acceptors (Lipinski definition) is 5. The maximum Gasteiger partial charge on any atom is 0.241 e. The second-order valence-corrected chi connectivity index (χ2v) is 5.65. The Bertz CT molecular complexity index is 612. The van der Waals surface area contributed by atoms with Crippen LogP contribution in [0.1, 0.15) is 25.5 Å². The molecular formula is C16H23N5O2. The quantitative estimate of drug-likeness (QED) is 0.680. The number of rotatable bonds is 8. The molecule has 0 spiro atoms. The molecule has 7 heteroatoms. The summed E-state index contributed by atoms with van der Waals surface area (Å²) in [5, 5.41) is 18.9. The van der Waals surface area contributed by atoms with Crippen molar-refractivity contribution < 1.29 is 9.90 Å². The summed E-state index contributed by atoms with van der Waals surface area (Å²) in [6.07, 6.45) is 7.10. The Morgan fingerprint density at radius 3 is 2.87 bits per heavy atom. The SMILES string of the molecule is CC(C)C(Nc1cnn(CC(=O)NCCO)c1)c1cccnc1. The fourth-order valence-electron chi connectivity index (χ4n) is 2.30. The van der Waals surface area contributed by atoms with Gasteiger partial charge in [-0.3, -0.25) is 14.5 Å². The number of aliphatic hydroxyl groups is 1. The van der Waals surface area contributed by atoms with Crippen LogP contribution in [0, 0.1) is 5.92 Å². The number of carbonyl (C=O) groups excluding carboxylic acids is 1. The van der Waals surface area contributed by atoms with Gasteiger partial charge in [-0.2, -0.15) is 5.10 Å². The number of aliphatic hydroxyl groups excluding tert-OH is 1. The van der Waals surface area contributed by atoms with Gasteiger partial charge in [-0.05, 0) is 17.5 Å². The molecule has 1 atom stereocenters. The first-order valence-corrected chi connectivity index (χ1v) is 7.66. The van der Waals surface area contributed by atoms with Crippen LogP contribution in [0.5, 0.6) is 0 Å². The van der Waals surface area contributed by atoms with Gasteiger partial charge in [0, 0.05) is 25.1 Å². The molecule has 0 bridgehead atoms. The highest BCUT2D eigenvalue weighted by atomic mass is 16.3. The second kappa shape index (κ2) is 8.28. The van der Waals surface area contributed by atoms with Crippen molar-refractivity contribution in [3.05, 3.63) is 42.5 Å². The predicted octanol–water partition coefficient (Wildman–Crippen LogP) is 1.20. The third kappa shape index (κ3) is 5.07. The summed E-state index contributed by atoms with van der Waals surface area (Å²) >= 11 is 0. The third-order valence-corrected chi connectivity index (χ3v) is 3.41. The number of pyridine rings is 1. The molecule has 2 aromatic heterocycles. The summed E-state index contributed by atoms with van der Waals surface area (Å²) in [6.45, 7) is 4.58. The summed E-state index contributed by atoms with van der Waals surface area (Å²) in [6, 6.07) is 4.07. The Balaban J connectivity index is 2.00. The van der Waals surface area contributed by atoms with Gasteiger partial charge < -0.3 is 15.7 Å². The van der Waals surface area contributed by atoms with Gasteiger partial charge in [0.1, 0.15) is 6.54 Å². The molecule has 124 valence electrons. The lowest BCUT2D eigenvalue weighted by Gasteiger charge is -2.22. The number of aromatic nitrogens is 3. The van der Waals surface area contributed by atoms with Gasteiger partial charge >= 0.3 is 0 Å². The first-order valence-electron chi connectivity index (χ1n) is 7.66. The molecular weight excluding hydrogens is 294 g/mol. The van der Waals surface area contributed by atoms with Gasteiger partial charge in [0.05, 0.1) is 24.5 Å². The number of amides is 1. The molecule has 2 aromatic rings. The van der Waals surface area contributed by atoms with Crippen molar-refractivity contribution in [2.24, 2.45) is 5.92 Å². The van der Waals surface area contributed by atoms with E-state index in [1.807, 2.05) is 18.3 Å². The van der Waals surface area contributed by atoms with Crippen LogP contribution in [0.2, 0.25) is 0 Å². The van der Waals surface area contributed by atoms with E-state index < -0.39 is 0 Å². The fraction of sp³-hybridized carbons (Fsp3) is 0.438. The largest absolute Gasteiger partial charge is 0.395 e. The number of hydrogen-bond donors (Lipinski definition) is 3. The summed E-state index contributed by atoms with van der Waals surface area (Å²) in [4.78, 5) is 15.8. The maximum atomic E-state index is 11.6. The van der Waals surface area contributed by atoms with Crippen LogP contribution >= 0.6 is 0 Å². The number of carbonyl (C=O) groups is 1. The van der Waals surface area contributed by atoms with Gasteiger partial charge in [-0.15, -0.1) is 0 Å². The fourth-order valence-corrected chi connectivity index (χ4v) is 2.30. The normalized spacial score (nSPS) is 12.2. The molecule has 7 nitrogen and oxygen atoms in total. The highest BCUT2D eigenvalue weighted by Crippen LogP contribution is 2.25. The minimum atomic E-state index is -0.179. The molecule has 3 N–H and O–H groups in total. The minimum absolute atomic E-state index is 0.0706. The highest BCUT2D eigenvalue weighted by Gasteiger charge is 2.16. The maximum absolute atomic E-state index is 11.6. The molecule has 2 heterocycles. The van der Waals surface area contributed by atoms with Gasteiger partial charge in [0.2, 0.25) is 5.91 Å². The summed E-state index contributed by atoms with van der Waals surface area (Å²) < 4.78 is 1.57. The van der Waals surface area contributed by atoms with E-state index >= 15 is 0 Å². The lowest BCUT2D eigenvalue weighted by atomic mass is 9.97. The highest BCUT2D eigenvalue weighted by molar-refractivity contribution is 5.75. The molecule has 0 saturated carbocycles. The Kier molecular flexibility index (Phi) is 6.10. The van der Waals surface area contributed by atoms with E-state index in [-0.39, 0.29) is 31.6 Å². The Hall–Kier alpha value is -2.41. The summed E-state index contributed by atoms with van der Waals surface area (Å²) in [7, 11) is 0. The molecule has 0 fully saturated rings. The van der Waals surface area contributed by atoms with Crippen LogP contribution < -0.4 is 10.6 Å². The zero-order valence-corrected chi connectivity index (χ0v) is 13.4. The Morgan fingerprint density at radius 1 is 1.39 bits per heavy atom. The first kappa shape index (κ1) is 17.0. The van der Waals surface area contributed by atoms with E-state index in [0.29, 0.717) is 5.92 Å². The molecule has 1 amide bonds. The van der Waals surface area contributed by atoms with Crippen LogP contribution in [0.15, 0.2) is 36.9 Å². The van der Waals surface area contributed by atoms with Crippen molar-refractivity contribution in [3.8, 4) is 0 Å². The minimum Gasteiger partial charge on any atom is -0.395 e. The smallest absolute Gasteiger partial charge is 0.241 e. The van der Waals surface area contributed by atoms with E-state index in [0.717, 1.165) is 11.3 Å². The van der Waals surface area contributed by atoms with Crippen molar-refractivity contribution in [1.29, 1.82) is 0 Å². The summed E-state index contributed by atoms with van der Waals surface area (Å²) in [5.74, 6) is 0.191. The molecule has 0 aliphatic rings. The first-order chi connectivity index (χ1) is 11.1. The van der Waals surface area contributed by atoms with Crippen molar-refractivity contribution in [2.45, 2.75) is 26.4 Å². The van der Waals surface area contributed by atoms with Crippen LogP contribution in [0.25, 0.3) is 0 Å². The van der Waals surface area contributed by atoms with E-state index in [1.165, 1.54) is 0 Å². The zero-order chi connectivity index (χ0) is 16.7. The van der Waals surface area contributed by atoms with Crippen LogP contribution in [-0.2, 0) is 11.3 Å². The molecule has 23 heavy (non-hydrogen) atoms. The van der Waals surface area contributed by atoms with E-state index in [4.69, 9.17) is 5.11 Å². The van der Waals surface area contributed by atoms with Crippen molar-refractivity contribution >= 4 is 11.6 Å². The molecule has 2 rings (SSSR count). The lowest BCUT2D eigenvalue weighted by Crippen LogP contribution is -2.30. The lowest BCUT2D eigenvalue weighted by molar-refractivity contribution is -0.122. The van der Waals surface area contributed by atoms with Gasteiger partial charge in [-0.1, -0.05) is 19.9 Å². The van der Waals surface area contributed by atoms with Gasteiger partial charge in [0.15, 0.2) is 0 Å². The van der Waals surface area contributed by atoms with E-state index in [9.17, 15) is 4.79 Å². The zero-order valence-electron chi connectivity index (χ0n) is 13.4. The van der Waals surface area contributed by atoms with Crippen molar-refractivity contribution in [1.82, 2.24) is 20.1 Å². The monoisotopic (exact) mass is 317 g/mol. The topological polar surface area (TPSA) is 92.1 Å². The number of anilines is 1. The standard InChI is InChI=1S/C16H23N5O2/c1-12(2)16(13-4-3-5-17-8-13)20-14-9-19-21(10-14)11-15(23)18-6-7-22/h3-5,8-10,12,16,20,22H,6-7,11H2,1-2H3,(H,18,23). The van der Waals surface area contributed by atoms with E-state index in [2.05, 4.69) is 34.6 Å². The van der Waals surface area contributed by atoms with E-state index in [1.54, 1.807) is 23.3 Å². The van der Waals surface area contributed by atoms with Crippen LogP contribution in [-0.4, -0.2) is 38.9 Å². The molecule has 1 unspecified atom stereocenters. The van der Waals surface area contributed by atoms with Crippen molar-refractivity contribution in [2.75, 3.05) is 18.5 Å². The van der Waals surface area contributed by atoms with Gasteiger partial charge in [0.25, 0.3) is 0 Å². The molecule has 0 radical (unpaired) electrons. The van der Waals surface area contributed by atoms with Crippen LogP contribution in [0.4, 0.5) is 5.69 Å². The van der Waals surface area contributed by atoms with Gasteiger partial charge in [-0.25, -0.2) is 0 Å². The second-order valence-electron chi connectivity index (χ2n) is 5.65. The van der Waals surface area contributed by atoms with Crippen LogP contribution in [0.3, 0.4) is 0 Å². The Labute approximate surface area is 135 Å². The average molecular weight is 317 g/mol. The predicted molar refractivity (Wildman–Crippen MR) is 87.8 cm³/mol. The summed E-state index contributed by atoms with van der Waals surface area (Å²) in [5.41, 5.74) is 1.96. The average Bonchev–Trinajstić information content (AvgIpc) is 2.98. The molecule has 0 saturated heterocycles. The molecule has 0 aliphatic heterocycles. The number of nitrogens with one attached hydrogen (secondary N) is 2. The van der Waals surface area contributed by atoms with Crippen molar-refractivity contribution in [3.63, 3.8) is 0 Å². The molecule has 0 aliphatic carbocycles. The molecule has 0 aromatic carbocycles. The number of nitrogens with zero attached hydrogens (tertiary/aromatic N) is 3. The third-order valence-electron chi connectivity index (χ3n) is 3.41. The Morgan fingerprint density at radius 2 is 2.22 bits per heavy atom.